The Kier molecular flexibility index (Phi) is 3.23. The lowest BCUT2D eigenvalue weighted by Gasteiger charge is -2.10. The largest absolute Gasteiger partial charge is 0.573 e. The van der Waals surface area contributed by atoms with E-state index in [4.69, 9.17) is 5.11 Å². The Morgan fingerprint density at radius 3 is 2.47 bits per heavy atom. The molecule has 0 aliphatic carbocycles. The van der Waals surface area contributed by atoms with Gasteiger partial charge in [0.15, 0.2) is 0 Å². The molecule has 15 heavy (non-hydrogen) atoms. The lowest BCUT2D eigenvalue weighted by molar-refractivity contribution is -0.274. The van der Waals surface area contributed by atoms with Crippen LogP contribution in [0.15, 0.2) is 22.7 Å². The van der Waals surface area contributed by atoms with Gasteiger partial charge in [-0.2, -0.15) is 0 Å². The van der Waals surface area contributed by atoms with Crippen LogP contribution in [0, 0.1) is 0 Å². The zero-order valence-electron chi connectivity index (χ0n) is 7.01. The Bertz CT molecular complexity index is 389. The molecule has 0 fully saturated rings. The smallest absolute Gasteiger partial charge is 0.478 e. The fraction of sp³-hybridized carbons (Fsp3) is 0.125. The molecule has 3 nitrogen and oxygen atoms in total. The second-order valence-electron chi connectivity index (χ2n) is 2.50. The Morgan fingerprint density at radius 1 is 1.40 bits per heavy atom. The zero-order chi connectivity index (χ0) is 11.6. The number of benzene rings is 1. The van der Waals surface area contributed by atoms with Crippen molar-refractivity contribution < 1.29 is 27.8 Å². The van der Waals surface area contributed by atoms with Gasteiger partial charge in [-0.3, -0.25) is 0 Å². The molecular formula is C8H4BrF3O3. The maximum Gasteiger partial charge on any atom is 0.573 e. The summed E-state index contributed by atoms with van der Waals surface area (Å²) in [5.74, 6) is -1.91. The van der Waals surface area contributed by atoms with E-state index < -0.39 is 18.1 Å². The van der Waals surface area contributed by atoms with Crippen LogP contribution in [0.2, 0.25) is 0 Å². The van der Waals surface area contributed by atoms with Gasteiger partial charge in [-0.1, -0.05) is 0 Å². The number of hydrogen-bond acceptors (Lipinski definition) is 2. The highest BCUT2D eigenvalue weighted by atomic mass is 79.9. The lowest BCUT2D eigenvalue weighted by Crippen LogP contribution is -2.17. The molecule has 0 spiro atoms. The fourth-order valence-corrected chi connectivity index (χ4v) is 1.17. The summed E-state index contributed by atoms with van der Waals surface area (Å²) in [6.07, 6.45) is -4.85. The van der Waals surface area contributed by atoms with Crippen LogP contribution in [0.3, 0.4) is 0 Å². The van der Waals surface area contributed by atoms with E-state index in [1.807, 2.05) is 0 Å². The van der Waals surface area contributed by atoms with Gasteiger partial charge in [0, 0.05) is 0 Å². The maximum atomic E-state index is 11.9. The molecule has 0 amide bonds. The molecular weight excluding hydrogens is 281 g/mol. The maximum absolute atomic E-state index is 11.9. The molecule has 82 valence electrons. The fourth-order valence-electron chi connectivity index (χ4n) is 0.839. The Labute approximate surface area is 90.6 Å². The Hall–Kier alpha value is -1.24. The summed E-state index contributed by atoms with van der Waals surface area (Å²) in [6.45, 7) is 0. The minimum Gasteiger partial charge on any atom is -0.478 e. The average molecular weight is 285 g/mol. The van der Waals surface area contributed by atoms with Crippen LogP contribution in [-0.4, -0.2) is 17.4 Å². The number of carbonyl (C=O) groups is 1. The third-order valence-corrected chi connectivity index (χ3v) is 2.06. The molecule has 0 saturated carbocycles. The molecule has 0 bridgehead atoms. The molecule has 1 rings (SSSR count). The zero-order valence-corrected chi connectivity index (χ0v) is 8.59. The lowest BCUT2D eigenvalue weighted by atomic mass is 10.2. The van der Waals surface area contributed by atoms with Crippen molar-refractivity contribution in [3.63, 3.8) is 0 Å². The molecule has 0 atom stereocenters. The molecule has 1 N–H and O–H groups in total. The van der Waals surface area contributed by atoms with Crippen molar-refractivity contribution in [2.45, 2.75) is 6.36 Å². The second kappa shape index (κ2) is 4.09. The summed E-state index contributed by atoms with van der Waals surface area (Å²) in [7, 11) is 0. The van der Waals surface area contributed by atoms with Gasteiger partial charge in [-0.25, -0.2) is 4.79 Å². The van der Waals surface area contributed by atoms with Gasteiger partial charge in [0.05, 0.1) is 10.0 Å². The highest BCUT2D eigenvalue weighted by molar-refractivity contribution is 9.10. The minimum atomic E-state index is -4.85. The first-order valence-electron chi connectivity index (χ1n) is 3.58. The summed E-state index contributed by atoms with van der Waals surface area (Å²) in [4.78, 5) is 10.5. The van der Waals surface area contributed by atoms with Gasteiger partial charge in [-0.15, -0.1) is 13.2 Å². The number of hydrogen-bond donors (Lipinski definition) is 1. The van der Waals surface area contributed by atoms with Crippen molar-refractivity contribution in [3.05, 3.63) is 28.2 Å². The van der Waals surface area contributed by atoms with Gasteiger partial charge < -0.3 is 9.84 Å². The molecule has 1 aromatic carbocycles. The van der Waals surface area contributed by atoms with Crippen molar-refractivity contribution >= 4 is 21.9 Å². The van der Waals surface area contributed by atoms with Crippen molar-refractivity contribution in [3.8, 4) is 5.75 Å². The van der Waals surface area contributed by atoms with E-state index in [0.717, 1.165) is 12.1 Å². The van der Waals surface area contributed by atoms with Crippen LogP contribution in [0.25, 0.3) is 0 Å². The molecule has 0 saturated heterocycles. The van der Waals surface area contributed by atoms with Gasteiger partial charge in [0.1, 0.15) is 5.75 Å². The van der Waals surface area contributed by atoms with E-state index in [-0.39, 0.29) is 10.0 Å². The number of ether oxygens (including phenoxy) is 1. The number of carboxylic acids is 1. The van der Waals surface area contributed by atoms with Gasteiger partial charge in [0.25, 0.3) is 0 Å². The quantitative estimate of drug-likeness (QED) is 0.908. The van der Waals surface area contributed by atoms with E-state index in [0.29, 0.717) is 0 Å². The van der Waals surface area contributed by atoms with Crippen LogP contribution >= 0.6 is 15.9 Å². The minimum absolute atomic E-state index is 0.0322. The summed E-state index contributed by atoms with van der Waals surface area (Å²) in [5.41, 5.74) is -0.280. The molecule has 0 radical (unpaired) electrons. The molecule has 0 aromatic heterocycles. The number of halogens is 4. The monoisotopic (exact) mass is 284 g/mol. The molecule has 0 heterocycles. The number of rotatable bonds is 2. The van der Waals surface area contributed by atoms with Crippen LogP contribution in [0.4, 0.5) is 13.2 Å². The second-order valence-corrected chi connectivity index (χ2v) is 3.35. The predicted molar refractivity (Wildman–Crippen MR) is 47.8 cm³/mol. The van der Waals surface area contributed by atoms with Crippen molar-refractivity contribution in [2.24, 2.45) is 0 Å². The molecule has 1 aromatic rings. The van der Waals surface area contributed by atoms with Crippen LogP contribution in [0.5, 0.6) is 5.75 Å². The van der Waals surface area contributed by atoms with Crippen molar-refractivity contribution in [1.29, 1.82) is 0 Å². The topological polar surface area (TPSA) is 46.5 Å². The molecule has 0 aliphatic rings. The molecule has 7 heteroatoms. The summed E-state index contributed by atoms with van der Waals surface area (Å²) >= 11 is 2.81. The van der Waals surface area contributed by atoms with Gasteiger partial charge in [0.2, 0.25) is 0 Å². The average Bonchev–Trinajstić information content (AvgIpc) is 2.06. The summed E-state index contributed by atoms with van der Waals surface area (Å²) in [6, 6.07) is 3.13. The van der Waals surface area contributed by atoms with E-state index in [1.165, 1.54) is 6.07 Å². The van der Waals surface area contributed by atoms with E-state index in [1.54, 1.807) is 0 Å². The first kappa shape index (κ1) is 11.8. The summed E-state index contributed by atoms with van der Waals surface area (Å²) in [5, 5.41) is 8.55. The number of alkyl halides is 3. The highest BCUT2D eigenvalue weighted by Crippen LogP contribution is 2.31. The van der Waals surface area contributed by atoms with Gasteiger partial charge in [-0.05, 0) is 34.1 Å². The first-order valence-corrected chi connectivity index (χ1v) is 4.37. The van der Waals surface area contributed by atoms with Crippen LogP contribution < -0.4 is 4.74 Å². The molecule has 0 unspecified atom stereocenters. The van der Waals surface area contributed by atoms with Crippen LogP contribution in [-0.2, 0) is 0 Å². The van der Waals surface area contributed by atoms with E-state index >= 15 is 0 Å². The summed E-state index contributed by atoms with van der Waals surface area (Å²) < 4.78 is 39.2. The first-order chi connectivity index (χ1) is 6.79. The van der Waals surface area contributed by atoms with Crippen molar-refractivity contribution in [2.75, 3.05) is 0 Å². The van der Waals surface area contributed by atoms with Crippen molar-refractivity contribution in [1.82, 2.24) is 0 Å². The third kappa shape index (κ3) is 3.43. The highest BCUT2D eigenvalue weighted by Gasteiger charge is 2.32. The standard InChI is InChI=1S/C8H4BrF3O3/c9-5-2-1-4(7(13)14)3-6(5)15-8(10,11)12/h1-3H,(H,13,14). The van der Waals surface area contributed by atoms with E-state index in [9.17, 15) is 18.0 Å². The molecule has 0 aliphatic heterocycles. The third-order valence-electron chi connectivity index (χ3n) is 1.40. The van der Waals surface area contributed by atoms with Crippen LogP contribution in [0.1, 0.15) is 10.4 Å². The SMILES string of the molecule is O=C(O)c1ccc(Br)c(OC(F)(F)F)c1. The predicted octanol–water partition coefficient (Wildman–Crippen LogP) is 3.05. The number of carboxylic acid groups (broad SMARTS) is 1. The normalized spacial score (nSPS) is 11.2. The van der Waals surface area contributed by atoms with E-state index in [2.05, 4.69) is 20.7 Å². The number of aromatic carboxylic acids is 1. The Morgan fingerprint density at radius 2 is 2.00 bits per heavy atom. The van der Waals surface area contributed by atoms with Gasteiger partial charge >= 0.3 is 12.3 Å². The Balaban J connectivity index is 3.06.